The van der Waals surface area contributed by atoms with Gasteiger partial charge in [-0.25, -0.2) is 4.21 Å². The number of phenols is 1. The zero-order valence-corrected chi connectivity index (χ0v) is 25.1. The second kappa shape index (κ2) is 11.7. The minimum absolute atomic E-state index is 0.0171. The Hall–Kier alpha value is -4.22. The number of benzene rings is 4. The zero-order valence-electron chi connectivity index (χ0n) is 21.8. The molecule has 17 nitrogen and oxygen atoms in total. The van der Waals surface area contributed by atoms with Crippen LogP contribution in [0.1, 0.15) is 5.56 Å². The Balaban J connectivity index is 2.02. The summed E-state index contributed by atoms with van der Waals surface area (Å²) in [6.07, 6.45) is 0. The molecule has 4 aromatic rings. The molecule has 0 aromatic heterocycles. The van der Waals surface area contributed by atoms with Crippen LogP contribution in [0.3, 0.4) is 0 Å². The van der Waals surface area contributed by atoms with Crippen molar-refractivity contribution in [3.05, 3.63) is 60.2 Å². The summed E-state index contributed by atoms with van der Waals surface area (Å²) < 4.78 is 122. The van der Waals surface area contributed by atoms with Crippen molar-refractivity contribution in [3.63, 3.8) is 0 Å². The van der Waals surface area contributed by atoms with Gasteiger partial charge in [-0.1, -0.05) is 6.07 Å². The number of aryl methyl sites for hydroxylation is 1. The lowest BCUT2D eigenvalue weighted by Crippen LogP contribution is -2.03. The van der Waals surface area contributed by atoms with Gasteiger partial charge in [-0.3, -0.25) is 13.7 Å². The van der Waals surface area contributed by atoms with Crippen LogP contribution in [-0.4, -0.2) is 52.8 Å². The molecule has 0 bridgehead atoms. The molecule has 0 spiro atoms. The van der Waals surface area contributed by atoms with Crippen LogP contribution >= 0.6 is 0 Å². The topological polar surface area (TPSA) is 296 Å². The molecule has 7 N–H and O–H groups in total. The SMILES string of the molecule is Cc1ccc(S(=O)(=O)O)c(N=Nc2c(S(=O)(=O)O)cc3cc(S(=O)(=O)O)c(N=Nc4ccc(S(=O)O)cc4)c(N)c3c2O)c1. The first-order valence-corrected chi connectivity index (χ1v) is 16.9. The number of nitrogens with two attached hydrogens (primary N) is 1. The molecule has 0 fully saturated rings. The largest absolute Gasteiger partial charge is 0.505 e. The van der Waals surface area contributed by atoms with Crippen LogP contribution < -0.4 is 5.73 Å². The molecule has 232 valence electrons. The molecule has 0 aliphatic heterocycles. The summed E-state index contributed by atoms with van der Waals surface area (Å²) >= 11 is -2.30. The molecular weight excluding hydrogens is 667 g/mol. The summed E-state index contributed by atoms with van der Waals surface area (Å²) in [6.45, 7) is 1.54. The summed E-state index contributed by atoms with van der Waals surface area (Å²) in [6, 6.07) is 9.75. The Morgan fingerprint density at radius 3 is 1.75 bits per heavy atom. The fourth-order valence-electron chi connectivity index (χ4n) is 3.87. The highest BCUT2D eigenvalue weighted by molar-refractivity contribution is 7.86. The number of hydrogen-bond acceptors (Lipinski definition) is 13. The van der Waals surface area contributed by atoms with Crippen molar-refractivity contribution < 1.29 is 52.8 Å². The van der Waals surface area contributed by atoms with Gasteiger partial charge < -0.3 is 15.4 Å². The predicted molar refractivity (Wildman–Crippen MR) is 154 cm³/mol. The molecular formula is C23H19N5O12S4. The first-order chi connectivity index (χ1) is 20.3. The van der Waals surface area contributed by atoms with Gasteiger partial charge in [0, 0.05) is 0 Å². The summed E-state index contributed by atoms with van der Waals surface area (Å²) in [4.78, 5) is -2.81. The normalized spacial score (nSPS) is 13.7. The third kappa shape index (κ3) is 6.79. The molecule has 1 atom stereocenters. The number of phenolic OH excluding ortho intramolecular Hbond substituents is 1. The Bertz CT molecular complexity index is 2250. The van der Waals surface area contributed by atoms with Crippen LogP contribution in [-0.2, 0) is 41.4 Å². The molecule has 0 amide bonds. The quantitative estimate of drug-likeness (QED) is 0.0641. The van der Waals surface area contributed by atoms with Crippen molar-refractivity contribution in [2.45, 2.75) is 26.5 Å². The number of nitrogen functional groups attached to an aromatic ring is 1. The molecule has 0 saturated heterocycles. The van der Waals surface area contributed by atoms with Crippen molar-refractivity contribution >= 4 is 80.6 Å². The predicted octanol–water partition coefficient (Wildman–Crippen LogP) is 4.59. The summed E-state index contributed by atoms with van der Waals surface area (Å²) in [5, 5.41) is 25.0. The van der Waals surface area contributed by atoms with Crippen molar-refractivity contribution in [1.82, 2.24) is 0 Å². The Morgan fingerprint density at radius 1 is 0.705 bits per heavy atom. The number of aromatic hydroxyl groups is 1. The standard InChI is InChI=1S/C23H19N5O12S4/c1-11-2-7-16(42(32,33)34)15(8-11)26-28-22-18(44(38,39)40)10-12-9-17(43(35,36)37)21(20(24)19(12)23(22)29)27-25-13-3-5-14(6-4-13)41(30)31/h2-10,29H,24H2,1H3,(H,30,31)(H,32,33,34)(H,35,36,37)(H,38,39,40). The minimum Gasteiger partial charge on any atom is -0.505 e. The average molecular weight is 686 g/mol. The smallest absolute Gasteiger partial charge is 0.296 e. The molecule has 21 heteroatoms. The van der Waals surface area contributed by atoms with Gasteiger partial charge in [0.15, 0.2) is 16.8 Å². The van der Waals surface area contributed by atoms with E-state index in [1.165, 1.54) is 37.3 Å². The molecule has 0 radical (unpaired) electrons. The Kier molecular flexibility index (Phi) is 8.69. The third-order valence-electron chi connectivity index (χ3n) is 5.82. The second-order valence-corrected chi connectivity index (χ2v) is 14.0. The lowest BCUT2D eigenvalue weighted by molar-refractivity contribution is 0.472. The van der Waals surface area contributed by atoms with Gasteiger partial charge in [0.05, 0.1) is 21.7 Å². The number of azo groups is 2. The van der Waals surface area contributed by atoms with Crippen molar-refractivity contribution in [3.8, 4) is 5.75 Å². The first-order valence-electron chi connectivity index (χ1n) is 11.5. The first kappa shape index (κ1) is 32.7. The van der Waals surface area contributed by atoms with Crippen molar-refractivity contribution in [2.75, 3.05) is 5.73 Å². The van der Waals surface area contributed by atoms with E-state index in [1.807, 2.05) is 0 Å². The molecule has 0 heterocycles. The van der Waals surface area contributed by atoms with Gasteiger partial charge in [0.25, 0.3) is 30.4 Å². The number of nitrogens with zero attached hydrogens (tertiary/aromatic N) is 4. The van der Waals surface area contributed by atoms with Gasteiger partial charge in [-0.15, -0.1) is 15.3 Å². The molecule has 0 aliphatic carbocycles. The van der Waals surface area contributed by atoms with Gasteiger partial charge in [0.2, 0.25) is 0 Å². The van der Waals surface area contributed by atoms with Crippen LogP contribution in [0, 0.1) is 6.92 Å². The van der Waals surface area contributed by atoms with E-state index >= 15 is 0 Å². The molecule has 44 heavy (non-hydrogen) atoms. The minimum atomic E-state index is -5.24. The van der Waals surface area contributed by atoms with E-state index in [0.717, 1.165) is 12.1 Å². The van der Waals surface area contributed by atoms with Crippen molar-refractivity contribution in [2.24, 2.45) is 20.5 Å². The van der Waals surface area contributed by atoms with Gasteiger partial charge in [0.1, 0.15) is 31.7 Å². The molecule has 0 saturated carbocycles. The van der Waals surface area contributed by atoms with Crippen LogP contribution in [0.2, 0.25) is 0 Å². The highest BCUT2D eigenvalue weighted by Gasteiger charge is 2.28. The average Bonchev–Trinajstić information content (AvgIpc) is 2.90. The molecule has 4 aromatic carbocycles. The van der Waals surface area contributed by atoms with E-state index in [4.69, 9.17) is 10.3 Å². The van der Waals surface area contributed by atoms with E-state index < -0.39 is 95.4 Å². The fourth-order valence-corrected chi connectivity index (χ4v) is 6.17. The fraction of sp³-hybridized carbons (Fsp3) is 0.0435. The van der Waals surface area contributed by atoms with E-state index in [9.17, 15) is 48.2 Å². The maximum atomic E-state index is 12.2. The molecule has 4 rings (SSSR count). The summed E-state index contributed by atoms with van der Waals surface area (Å²) in [5.74, 6) is -1.09. The van der Waals surface area contributed by atoms with Gasteiger partial charge in [-0.05, 0) is 66.4 Å². The lowest BCUT2D eigenvalue weighted by atomic mass is 10.1. The van der Waals surface area contributed by atoms with Crippen LogP contribution in [0.15, 0.2) is 94.6 Å². The number of anilines is 1. The zero-order chi connectivity index (χ0) is 32.8. The monoisotopic (exact) mass is 685 g/mol. The van der Waals surface area contributed by atoms with E-state index in [1.54, 1.807) is 0 Å². The van der Waals surface area contributed by atoms with Gasteiger partial charge in [-0.2, -0.15) is 30.4 Å². The van der Waals surface area contributed by atoms with Crippen LogP contribution in [0.5, 0.6) is 5.75 Å². The summed E-state index contributed by atoms with van der Waals surface area (Å²) in [5.41, 5.74) is 3.76. The maximum Gasteiger partial charge on any atom is 0.296 e. The second-order valence-electron chi connectivity index (χ2n) is 8.85. The van der Waals surface area contributed by atoms with E-state index in [2.05, 4.69) is 20.5 Å². The van der Waals surface area contributed by atoms with Crippen molar-refractivity contribution in [1.29, 1.82) is 0 Å². The number of fused-ring (bicyclic) bond motifs is 1. The Labute approximate surface area is 251 Å². The Morgan fingerprint density at radius 2 is 1.23 bits per heavy atom. The van der Waals surface area contributed by atoms with Gasteiger partial charge >= 0.3 is 0 Å². The number of hydrogen-bond donors (Lipinski definition) is 6. The molecule has 0 aliphatic rings. The third-order valence-corrected chi connectivity index (χ3v) is 9.13. The lowest BCUT2D eigenvalue weighted by Gasteiger charge is -2.14. The number of rotatable bonds is 8. The van der Waals surface area contributed by atoms with E-state index in [0.29, 0.717) is 17.7 Å². The van der Waals surface area contributed by atoms with Crippen LogP contribution in [0.4, 0.5) is 28.4 Å². The van der Waals surface area contributed by atoms with E-state index in [-0.39, 0.29) is 10.6 Å². The summed E-state index contributed by atoms with van der Waals surface area (Å²) in [7, 11) is -15.2. The highest BCUT2D eigenvalue weighted by Crippen LogP contribution is 2.48. The van der Waals surface area contributed by atoms with Crippen LogP contribution in [0.25, 0.3) is 10.8 Å². The maximum absolute atomic E-state index is 12.2. The highest BCUT2D eigenvalue weighted by atomic mass is 32.2. The molecule has 1 unspecified atom stereocenters.